The molecule has 2 atom stereocenters. The van der Waals surface area contributed by atoms with Gasteiger partial charge in [0.05, 0.1) is 18.4 Å². The van der Waals surface area contributed by atoms with Crippen molar-refractivity contribution in [3.63, 3.8) is 0 Å². The predicted octanol–water partition coefficient (Wildman–Crippen LogP) is 3.76. The highest BCUT2D eigenvalue weighted by molar-refractivity contribution is 5.92. The molecule has 1 aliphatic heterocycles. The Balaban J connectivity index is 1.61. The van der Waals surface area contributed by atoms with Crippen molar-refractivity contribution in [2.75, 3.05) is 27.2 Å². The van der Waals surface area contributed by atoms with Crippen LogP contribution in [0.5, 0.6) is 5.75 Å². The molecule has 0 spiro atoms. The number of amides is 2. The first kappa shape index (κ1) is 20.2. The Kier molecular flexibility index (Phi) is 5.84. The first-order chi connectivity index (χ1) is 14.1. The van der Waals surface area contributed by atoms with Crippen LogP contribution < -0.4 is 4.74 Å². The van der Waals surface area contributed by atoms with Crippen LogP contribution in [-0.4, -0.2) is 54.9 Å². The fourth-order valence-corrected chi connectivity index (χ4v) is 5.33. The molecule has 1 saturated heterocycles. The Morgan fingerprint density at radius 3 is 2.34 bits per heavy atom. The Morgan fingerprint density at radius 1 is 1.00 bits per heavy atom. The third kappa shape index (κ3) is 3.88. The van der Waals surface area contributed by atoms with E-state index in [9.17, 15) is 9.59 Å². The van der Waals surface area contributed by atoms with Crippen LogP contribution >= 0.6 is 0 Å². The van der Waals surface area contributed by atoms with Crippen LogP contribution in [0.1, 0.15) is 63.4 Å². The summed E-state index contributed by atoms with van der Waals surface area (Å²) in [7, 11) is 3.59. The molecule has 0 bridgehead atoms. The van der Waals surface area contributed by atoms with Gasteiger partial charge >= 0.3 is 0 Å². The van der Waals surface area contributed by atoms with E-state index in [4.69, 9.17) is 4.74 Å². The monoisotopic (exact) mass is 398 g/mol. The van der Waals surface area contributed by atoms with E-state index in [2.05, 4.69) is 4.90 Å². The van der Waals surface area contributed by atoms with Crippen LogP contribution in [0.25, 0.3) is 0 Å². The van der Waals surface area contributed by atoms with E-state index in [0.29, 0.717) is 0 Å². The minimum absolute atomic E-state index is 0.0336. The number of fused-ring (bicyclic) bond motifs is 1. The maximum Gasteiger partial charge on any atom is 0.233 e. The molecule has 2 aliphatic carbocycles. The van der Waals surface area contributed by atoms with E-state index in [1.54, 1.807) is 7.11 Å². The fraction of sp³-hybridized carbons (Fsp3) is 0.667. The number of benzene rings is 1. The molecule has 0 aromatic heterocycles. The zero-order valence-electron chi connectivity index (χ0n) is 17.9. The van der Waals surface area contributed by atoms with Crippen molar-refractivity contribution in [1.29, 1.82) is 0 Å². The zero-order valence-corrected chi connectivity index (χ0v) is 17.9. The standard InChI is InChI=1S/C24H34N2O3/c1-25-16-5-3-4-6-17-26(21-9-7-8-20(21)22(25)27)23(28)24(14-15-24)18-10-12-19(29-2)13-11-18/h10-13,20-21H,3-9,14-17H2,1-2H3/t20-,21+/m1/s1. The molecule has 0 radical (unpaired) electrons. The Hall–Kier alpha value is -2.04. The van der Waals surface area contributed by atoms with Gasteiger partial charge in [-0.05, 0) is 56.2 Å². The Bertz CT molecular complexity index is 741. The molecule has 1 aromatic rings. The summed E-state index contributed by atoms with van der Waals surface area (Å²) in [6, 6.07) is 8.05. The van der Waals surface area contributed by atoms with Gasteiger partial charge in [-0.15, -0.1) is 0 Å². The second kappa shape index (κ2) is 8.37. The van der Waals surface area contributed by atoms with Crippen LogP contribution in [-0.2, 0) is 15.0 Å². The summed E-state index contributed by atoms with van der Waals surface area (Å²) in [5.41, 5.74) is 0.699. The molecule has 3 aliphatic rings. The van der Waals surface area contributed by atoms with E-state index in [1.165, 1.54) is 0 Å². The maximum atomic E-state index is 13.9. The SMILES string of the molecule is COc1ccc(C2(C(=O)N3CCCCCCN(C)C(=O)[C@@H]4CCC[C@@H]43)CC2)cc1. The third-order valence-corrected chi connectivity index (χ3v) is 7.28. The molecule has 0 unspecified atom stereocenters. The lowest BCUT2D eigenvalue weighted by Gasteiger charge is -2.36. The minimum Gasteiger partial charge on any atom is -0.497 e. The predicted molar refractivity (Wildman–Crippen MR) is 113 cm³/mol. The van der Waals surface area contributed by atoms with E-state index in [-0.39, 0.29) is 23.8 Å². The second-order valence-corrected chi connectivity index (χ2v) is 9.09. The molecule has 2 amide bonds. The van der Waals surface area contributed by atoms with Gasteiger partial charge in [0.15, 0.2) is 0 Å². The average molecular weight is 399 g/mol. The Labute approximate surface area is 174 Å². The second-order valence-electron chi connectivity index (χ2n) is 9.09. The third-order valence-electron chi connectivity index (χ3n) is 7.28. The van der Waals surface area contributed by atoms with Crippen molar-refractivity contribution in [1.82, 2.24) is 9.80 Å². The summed E-state index contributed by atoms with van der Waals surface area (Å²) >= 11 is 0. The number of hydrogen-bond acceptors (Lipinski definition) is 3. The summed E-state index contributed by atoms with van der Waals surface area (Å²) < 4.78 is 5.29. The molecule has 5 heteroatoms. The lowest BCUT2D eigenvalue weighted by atomic mass is 9.91. The summed E-state index contributed by atoms with van der Waals surface area (Å²) in [6.07, 6.45) is 9.04. The topological polar surface area (TPSA) is 49.9 Å². The van der Waals surface area contributed by atoms with Crippen LogP contribution in [0.2, 0.25) is 0 Å². The van der Waals surface area contributed by atoms with Crippen molar-refractivity contribution in [2.24, 2.45) is 5.92 Å². The molecular formula is C24H34N2O3. The van der Waals surface area contributed by atoms with Crippen LogP contribution in [0.15, 0.2) is 24.3 Å². The van der Waals surface area contributed by atoms with Crippen molar-refractivity contribution in [2.45, 2.75) is 69.2 Å². The van der Waals surface area contributed by atoms with Gasteiger partial charge in [-0.2, -0.15) is 0 Å². The lowest BCUT2D eigenvalue weighted by molar-refractivity contribution is -0.141. The number of methoxy groups -OCH3 is 1. The van der Waals surface area contributed by atoms with Crippen LogP contribution in [0.4, 0.5) is 0 Å². The molecule has 1 heterocycles. The summed E-state index contributed by atoms with van der Waals surface area (Å²) in [5, 5.41) is 0. The number of carbonyl (C=O) groups excluding carboxylic acids is 2. The molecule has 3 fully saturated rings. The van der Waals surface area contributed by atoms with Crippen molar-refractivity contribution < 1.29 is 14.3 Å². The molecule has 0 N–H and O–H groups in total. The van der Waals surface area contributed by atoms with Crippen molar-refractivity contribution in [3.05, 3.63) is 29.8 Å². The summed E-state index contributed by atoms with van der Waals surface area (Å²) in [4.78, 5) is 31.0. The molecule has 1 aromatic carbocycles. The molecule has 29 heavy (non-hydrogen) atoms. The lowest BCUT2D eigenvalue weighted by Crippen LogP contribution is -2.50. The van der Waals surface area contributed by atoms with Crippen LogP contribution in [0, 0.1) is 5.92 Å². The molecule has 2 saturated carbocycles. The van der Waals surface area contributed by atoms with Gasteiger partial charge < -0.3 is 14.5 Å². The highest BCUT2D eigenvalue weighted by Gasteiger charge is 2.55. The van der Waals surface area contributed by atoms with E-state index >= 15 is 0 Å². The number of rotatable bonds is 3. The molecule has 5 nitrogen and oxygen atoms in total. The van der Waals surface area contributed by atoms with Gasteiger partial charge in [-0.1, -0.05) is 31.4 Å². The normalized spacial score (nSPS) is 27.2. The van der Waals surface area contributed by atoms with Crippen LogP contribution in [0.3, 0.4) is 0 Å². The van der Waals surface area contributed by atoms with E-state index < -0.39 is 5.41 Å². The average Bonchev–Trinajstić information content (AvgIpc) is 3.42. The highest BCUT2D eigenvalue weighted by Crippen LogP contribution is 2.51. The first-order valence-electron chi connectivity index (χ1n) is 11.3. The van der Waals surface area contributed by atoms with Crippen molar-refractivity contribution >= 4 is 11.8 Å². The zero-order chi connectivity index (χ0) is 20.4. The molecule has 4 rings (SSSR count). The first-order valence-corrected chi connectivity index (χ1v) is 11.3. The summed E-state index contributed by atoms with van der Waals surface area (Å²) in [6.45, 7) is 1.63. The Morgan fingerprint density at radius 2 is 1.69 bits per heavy atom. The van der Waals surface area contributed by atoms with E-state index in [1.807, 2.05) is 36.2 Å². The van der Waals surface area contributed by atoms with Gasteiger partial charge in [0.1, 0.15) is 5.75 Å². The van der Waals surface area contributed by atoms with Gasteiger partial charge in [0, 0.05) is 26.2 Å². The number of hydrogen-bond donors (Lipinski definition) is 0. The van der Waals surface area contributed by atoms with Gasteiger partial charge in [0.25, 0.3) is 0 Å². The van der Waals surface area contributed by atoms with Gasteiger partial charge in [0.2, 0.25) is 11.8 Å². The quantitative estimate of drug-likeness (QED) is 0.779. The maximum absolute atomic E-state index is 13.9. The number of nitrogens with zero attached hydrogens (tertiary/aromatic N) is 2. The smallest absolute Gasteiger partial charge is 0.233 e. The largest absolute Gasteiger partial charge is 0.497 e. The summed E-state index contributed by atoms with van der Waals surface area (Å²) in [5.74, 6) is 1.27. The highest BCUT2D eigenvalue weighted by atomic mass is 16.5. The van der Waals surface area contributed by atoms with E-state index in [0.717, 1.165) is 82.2 Å². The number of carbonyl (C=O) groups is 2. The number of ether oxygens (including phenoxy) is 1. The fourth-order valence-electron chi connectivity index (χ4n) is 5.33. The van der Waals surface area contributed by atoms with Gasteiger partial charge in [-0.3, -0.25) is 9.59 Å². The molecule has 158 valence electrons. The molecular weight excluding hydrogens is 364 g/mol. The minimum atomic E-state index is -0.394. The van der Waals surface area contributed by atoms with Gasteiger partial charge in [-0.25, -0.2) is 0 Å². The van der Waals surface area contributed by atoms with Crippen molar-refractivity contribution in [3.8, 4) is 5.75 Å².